The molecule has 114 valence electrons. The molecule has 0 unspecified atom stereocenters. The summed E-state index contributed by atoms with van der Waals surface area (Å²) in [5, 5.41) is 3.92. The predicted molar refractivity (Wildman–Crippen MR) is 89.4 cm³/mol. The van der Waals surface area contributed by atoms with Crippen LogP contribution in [-0.2, 0) is 0 Å². The van der Waals surface area contributed by atoms with Crippen LogP contribution in [0.4, 0.5) is 10.1 Å². The van der Waals surface area contributed by atoms with Crippen LogP contribution in [0.2, 0.25) is 0 Å². The van der Waals surface area contributed by atoms with Crippen LogP contribution in [0, 0.1) is 5.82 Å². The molecular weight excluding hydrogens is 301 g/mol. The van der Waals surface area contributed by atoms with Gasteiger partial charge in [0, 0.05) is 25.2 Å². The Morgan fingerprint density at radius 2 is 2.00 bits per heavy atom. The molecule has 22 heavy (non-hydrogen) atoms. The summed E-state index contributed by atoms with van der Waals surface area (Å²) >= 11 is 1.52. The monoisotopic (exact) mass is 318 g/mol. The molecule has 0 atom stereocenters. The van der Waals surface area contributed by atoms with Gasteiger partial charge in [-0.1, -0.05) is 0 Å². The molecule has 3 rings (SSSR count). The Morgan fingerprint density at radius 1 is 1.23 bits per heavy atom. The van der Waals surface area contributed by atoms with Crippen molar-refractivity contribution in [2.45, 2.75) is 0 Å². The average Bonchev–Trinajstić information content (AvgIpc) is 2.51. The predicted octanol–water partition coefficient (Wildman–Crippen LogP) is 2.62. The van der Waals surface area contributed by atoms with Crippen LogP contribution >= 0.6 is 11.3 Å². The second kappa shape index (κ2) is 5.53. The Labute approximate surface area is 131 Å². The van der Waals surface area contributed by atoms with Crippen molar-refractivity contribution in [1.29, 1.82) is 0 Å². The molecule has 0 aromatic heterocycles. The number of fused-ring (bicyclic) bond motifs is 2. The van der Waals surface area contributed by atoms with Gasteiger partial charge in [-0.25, -0.2) is 13.9 Å². The van der Waals surface area contributed by atoms with E-state index >= 15 is 0 Å². The van der Waals surface area contributed by atoms with Gasteiger partial charge in [-0.3, -0.25) is 0 Å². The second-order valence-corrected chi connectivity index (χ2v) is 6.24. The quantitative estimate of drug-likeness (QED) is 0.583. The number of ether oxygens (including phenoxy) is 1. The lowest BCUT2D eigenvalue weighted by Gasteiger charge is -2.11. The van der Waals surface area contributed by atoms with Crippen LogP contribution in [0.3, 0.4) is 0 Å². The van der Waals surface area contributed by atoms with Crippen molar-refractivity contribution in [3.63, 3.8) is 0 Å². The van der Waals surface area contributed by atoms with Gasteiger partial charge in [0.15, 0.2) is 5.82 Å². The van der Waals surface area contributed by atoms with Crippen LogP contribution in [0.25, 0.3) is 20.8 Å². The SMILES string of the molecule is CNc1cc2sc3cc(=[N+](C)C)cc(F)c-3nc2cc1OC. The lowest BCUT2D eigenvalue weighted by Crippen LogP contribution is -2.22. The fourth-order valence-corrected chi connectivity index (χ4v) is 3.37. The first-order valence-electron chi connectivity index (χ1n) is 6.83. The van der Waals surface area contributed by atoms with E-state index in [0.29, 0.717) is 11.4 Å². The van der Waals surface area contributed by atoms with E-state index in [2.05, 4.69) is 10.3 Å². The standard InChI is InChI=1S/C16H16FN3OS/c1-18-11-8-14-12(7-13(11)21-4)19-16-10(17)5-9(20(2)3)6-15(16)22-14/h5-8H,1-4H3/p+1. The van der Waals surface area contributed by atoms with Crippen molar-refractivity contribution in [2.75, 3.05) is 33.6 Å². The highest BCUT2D eigenvalue weighted by atomic mass is 32.1. The minimum absolute atomic E-state index is 0.309. The first-order chi connectivity index (χ1) is 10.5. The van der Waals surface area contributed by atoms with Crippen LogP contribution in [0.5, 0.6) is 5.75 Å². The number of nitrogens with one attached hydrogen (secondary N) is 1. The molecule has 0 spiro atoms. The molecule has 0 saturated heterocycles. The highest BCUT2D eigenvalue weighted by Crippen LogP contribution is 2.36. The minimum atomic E-state index is -0.309. The zero-order chi connectivity index (χ0) is 15.9. The van der Waals surface area contributed by atoms with E-state index in [9.17, 15) is 4.39 Å². The number of benzene rings is 2. The molecule has 0 amide bonds. The van der Waals surface area contributed by atoms with Gasteiger partial charge in [-0.15, -0.1) is 11.3 Å². The minimum Gasteiger partial charge on any atom is -0.495 e. The number of hydrogen-bond acceptors (Lipinski definition) is 4. The summed E-state index contributed by atoms with van der Waals surface area (Å²) in [6.45, 7) is 0. The van der Waals surface area contributed by atoms with E-state index in [0.717, 1.165) is 26.1 Å². The van der Waals surface area contributed by atoms with Crippen molar-refractivity contribution in [2.24, 2.45) is 0 Å². The van der Waals surface area contributed by atoms with Crippen molar-refractivity contribution >= 4 is 27.2 Å². The van der Waals surface area contributed by atoms with Crippen molar-refractivity contribution in [3.05, 3.63) is 35.4 Å². The van der Waals surface area contributed by atoms with Gasteiger partial charge in [0.2, 0.25) is 5.36 Å². The van der Waals surface area contributed by atoms with Crippen molar-refractivity contribution < 1.29 is 9.13 Å². The van der Waals surface area contributed by atoms with Gasteiger partial charge >= 0.3 is 0 Å². The summed E-state index contributed by atoms with van der Waals surface area (Å²) in [4.78, 5) is 5.29. The maximum atomic E-state index is 14.3. The molecule has 1 N–H and O–H groups in total. The van der Waals surface area contributed by atoms with Gasteiger partial charge in [0.05, 0.1) is 27.9 Å². The van der Waals surface area contributed by atoms with E-state index in [4.69, 9.17) is 4.74 Å². The van der Waals surface area contributed by atoms with Crippen molar-refractivity contribution in [3.8, 4) is 16.3 Å². The van der Waals surface area contributed by atoms with E-state index in [1.807, 2.05) is 43.9 Å². The van der Waals surface area contributed by atoms with Crippen molar-refractivity contribution in [1.82, 2.24) is 9.56 Å². The summed E-state index contributed by atoms with van der Waals surface area (Å²) in [6.07, 6.45) is 0. The molecular formula is C16H17FN3OS+. The third kappa shape index (κ3) is 2.39. The molecule has 6 heteroatoms. The largest absolute Gasteiger partial charge is 0.495 e. The van der Waals surface area contributed by atoms with Gasteiger partial charge in [-0.05, 0) is 6.07 Å². The molecule has 1 aromatic rings. The Hall–Kier alpha value is -2.21. The second-order valence-electron chi connectivity index (χ2n) is 5.15. The maximum Gasteiger partial charge on any atom is 0.203 e. The third-order valence-electron chi connectivity index (χ3n) is 3.53. The van der Waals surface area contributed by atoms with E-state index in [1.54, 1.807) is 7.11 Å². The van der Waals surface area contributed by atoms with Crippen LogP contribution in [0.15, 0.2) is 24.3 Å². The summed E-state index contributed by atoms with van der Waals surface area (Å²) in [5.74, 6) is 0.385. The molecule has 1 aliphatic carbocycles. The van der Waals surface area contributed by atoms with E-state index in [1.165, 1.54) is 17.4 Å². The first kappa shape index (κ1) is 14.7. The Kier molecular flexibility index (Phi) is 3.70. The number of rotatable bonds is 2. The van der Waals surface area contributed by atoms with Gasteiger partial charge < -0.3 is 10.1 Å². The highest BCUT2D eigenvalue weighted by molar-refractivity contribution is 7.21. The molecule has 0 saturated carbocycles. The van der Waals surface area contributed by atoms with Crippen LogP contribution < -0.4 is 20.0 Å². The highest BCUT2D eigenvalue weighted by Gasteiger charge is 2.16. The molecule has 0 fully saturated rings. The first-order valence-corrected chi connectivity index (χ1v) is 7.65. The Bertz CT molecular complexity index is 900. The number of halogens is 1. The molecule has 0 bridgehead atoms. The number of anilines is 1. The van der Waals surface area contributed by atoms with Gasteiger partial charge in [0.25, 0.3) is 0 Å². The third-order valence-corrected chi connectivity index (χ3v) is 4.61. The fourth-order valence-electron chi connectivity index (χ4n) is 2.33. The molecule has 1 aromatic carbocycles. The molecule has 1 aliphatic heterocycles. The zero-order valence-electron chi connectivity index (χ0n) is 12.9. The maximum absolute atomic E-state index is 14.3. The van der Waals surface area contributed by atoms with Crippen LogP contribution in [0.1, 0.15) is 0 Å². The summed E-state index contributed by atoms with van der Waals surface area (Å²) < 4.78 is 22.5. The zero-order valence-corrected chi connectivity index (χ0v) is 13.7. The summed E-state index contributed by atoms with van der Waals surface area (Å²) in [7, 11) is 7.23. The van der Waals surface area contributed by atoms with E-state index in [-0.39, 0.29) is 5.82 Å². The topological polar surface area (TPSA) is 37.2 Å². The number of nitrogens with zero attached hydrogens (tertiary/aromatic N) is 2. The normalized spacial score (nSPS) is 11.0. The molecule has 0 radical (unpaired) electrons. The van der Waals surface area contributed by atoms with E-state index < -0.39 is 0 Å². The number of aromatic nitrogens is 1. The smallest absolute Gasteiger partial charge is 0.203 e. The Balaban J connectivity index is 2.39. The molecule has 2 aliphatic rings. The van der Waals surface area contributed by atoms with Crippen LogP contribution in [-0.4, -0.2) is 33.2 Å². The lowest BCUT2D eigenvalue weighted by molar-refractivity contribution is 0.417. The fraction of sp³-hybridized carbons (Fsp3) is 0.250. The van der Waals surface area contributed by atoms with Gasteiger partial charge in [-0.2, -0.15) is 0 Å². The Morgan fingerprint density at radius 3 is 2.64 bits per heavy atom. The molecule has 1 heterocycles. The number of hydrogen-bond donors (Lipinski definition) is 1. The summed E-state index contributed by atoms with van der Waals surface area (Å²) in [5.41, 5.74) is 2.00. The van der Waals surface area contributed by atoms with Gasteiger partial charge in [0.1, 0.15) is 25.5 Å². The average molecular weight is 318 g/mol. The number of methoxy groups -OCH3 is 1. The molecule has 4 nitrogen and oxygen atoms in total. The summed E-state index contributed by atoms with van der Waals surface area (Å²) in [6, 6.07) is 7.27. The lowest BCUT2D eigenvalue weighted by atomic mass is 10.2.